The molecule has 0 aliphatic heterocycles. The van der Waals surface area contributed by atoms with Crippen molar-refractivity contribution in [1.82, 2.24) is 10.2 Å². The number of aliphatic hydroxyl groups is 1. The van der Waals surface area contributed by atoms with Crippen LogP contribution in [0.5, 0.6) is 0 Å². The Hall–Kier alpha value is -1.96. The molecular formula is C10H13N3O5. The number of nitrogens with zero attached hydrogens (tertiary/aromatic N) is 2. The summed E-state index contributed by atoms with van der Waals surface area (Å²) in [4.78, 5) is 21.6. The molecular weight excluding hydrogens is 242 g/mol. The Morgan fingerprint density at radius 1 is 1.50 bits per heavy atom. The molecule has 0 unspecified atom stereocenters. The summed E-state index contributed by atoms with van der Waals surface area (Å²) in [5.41, 5.74) is -0.707. The number of esters is 1. The topological polar surface area (TPSA) is 118 Å². The number of aromatic amines is 1. The van der Waals surface area contributed by atoms with E-state index in [4.69, 9.17) is 4.74 Å². The predicted molar refractivity (Wildman–Crippen MR) is 58.9 cm³/mol. The molecule has 18 heavy (non-hydrogen) atoms. The van der Waals surface area contributed by atoms with E-state index in [1.807, 2.05) is 0 Å². The van der Waals surface area contributed by atoms with Gasteiger partial charge < -0.3 is 9.84 Å². The fraction of sp³-hybridized carbons (Fsp3) is 0.600. The highest BCUT2D eigenvalue weighted by Crippen LogP contribution is 2.23. The van der Waals surface area contributed by atoms with Crippen molar-refractivity contribution in [3.05, 3.63) is 22.0 Å². The standard InChI is InChI=1S/C10H13N3O5/c14-6-1-3-7(4-2-6)18-10(15)9-8(13(16)17)5-11-12-9/h5-7,14H,1-4H2,(H,11,12). The van der Waals surface area contributed by atoms with Gasteiger partial charge in [-0.3, -0.25) is 15.2 Å². The minimum absolute atomic E-state index is 0.308. The molecule has 2 rings (SSSR count). The average Bonchev–Trinajstić information content (AvgIpc) is 2.81. The Bertz CT molecular complexity index is 450. The van der Waals surface area contributed by atoms with E-state index in [0.29, 0.717) is 25.7 Å². The average molecular weight is 255 g/mol. The van der Waals surface area contributed by atoms with E-state index < -0.39 is 16.6 Å². The molecule has 1 fully saturated rings. The maximum Gasteiger partial charge on any atom is 0.366 e. The number of aromatic nitrogens is 2. The van der Waals surface area contributed by atoms with Crippen molar-refractivity contribution in [1.29, 1.82) is 0 Å². The minimum Gasteiger partial charge on any atom is -0.457 e. The molecule has 2 N–H and O–H groups in total. The maximum absolute atomic E-state index is 11.7. The Morgan fingerprint density at radius 2 is 2.17 bits per heavy atom. The molecule has 0 atom stereocenters. The van der Waals surface area contributed by atoms with Gasteiger partial charge in [-0.25, -0.2) is 4.79 Å². The third kappa shape index (κ3) is 2.65. The highest BCUT2D eigenvalue weighted by molar-refractivity contribution is 5.91. The first kappa shape index (κ1) is 12.5. The first-order valence-corrected chi connectivity index (χ1v) is 5.65. The Balaban J connectivity index is 1.99. The normalized spacial score (nSPS) is 23.6. The number of aliphatic hydroxyl groups excluding tert-OH is 1. The lowest BCUT2D eigenvalue weighted by Gasteiger charge is -2.24. The van der Waals surface area contributed by atoms with Gasteiger partial charge in [0.15, 0.2) is 0 Å². The van der Waals surface area contributed by atoms with E-state index in [1.165, 1.54) is 0 Å². The van der Waals surface area contributed by atoms with Crippen molar-refractivity contribution < 1.29 is 19.6 Å². The molecule has 1 saturated carbocycles. The second-order valence-electron chi connectivity index (χ2n) is 4.21. The third-order valence-electron chi connectivity index (χ3n) is 2.93. The zero-order valence-corrected chi connectivity index (χ0v) is 9.54. The molecule has 0 amide bonds. The van der Waals surface area contributed by atoms with E-state index in [1.54, 1.807) is 0 Å². The van der Waals surface area contributed by atoms with Gasteiger partial charge in [0.05, 0.1) is 11.0 Å². The lowest BCUT2D eigenvalue weighted by atomic mass is 9.95. The molecule has 8 heteroatoms. The number of hydrogen-bond acceptors (Lipinski definition) is 6. The van der Waals surface area contributed by atoms with E-state index in [2.05, 4.69) is 10.2 Å². The van der Waals surface area contributed by atoms with Crippen LogP contribution in [0.2, 0.25) is 0 Å². The Labute approximate surface area is 102 Å². The summed E-state index contributed by atoms with van der Waals surface area (Å²) in [6, 6.07) is 0. The van der Waals surface area contributed by atoms with Crippen LogP contribution < -0.4 is 0 Å². The third-order valence-corrected chi connectivity index (χ3v) is 2.93. The fourth-order valence-electron chi connectivity index (χ4n) is 1.94. The van der Waals surface area contributed by atoms with Crippen LogP contribution in [0.1, 0.15) is 36.2 Å². The maximum atomic E-state index is 11.7. The van der Waals surface area contributed by atoms with Crippen molar-refractivity contribution in [2.45, 2.75) is 37.9 Å². The summed E-state index contributed by atoms with van der Waals surface area (Å²) < 4.78 is 5.14. The highest BCUT2D eigenvalue weighted by atomic mass is 16.6. The molecule has 1 aliphatic rings. The van der Waals surface area contributed by atoms with Gasteiger partial charge in [-0.2, -0.15) is 5.10 Å². The lowest BCUT2D eigenvalue weighted by molar-refractivity contribution is -0.385. The Morgan fingerprint density at radius 3 is 2.78 bits per heavy atom. The summed E-state index contributed by atoms with van der Waals surface area (Å²) in [5.74, 6) is -0.802. The second-order valence-corrected chi connectivity index (χ2v) is 4.21. The van der Waals surface area contributed by atoms with Gasteiger partial charge in [0.2, 0.25) is 5.69 Å². The van der Waals surface area contributed by atoms with Crippen LogP contribution in [0.4, 0.5) is 5.69 Å². The van der Waals surface area contributed by atoms with Crippen LogP contribution in [-0.4, -0.2) is 38.4 Å². The van der Waals surface area contributed by atoms with Crippen molar-refractivity contribution in [2.75, 3.05) is 0 Å². The van der Waals surface area contributed by atoms with Crippen LogP contribution in [0.15, 0.2) is 6.20 Å². The van der Waals surface area contributed by atoms with E-state index in [9.17, 15) is 20.0 Å². The van der Waals surface area contributed by atoms with Crippen molar-refractivity contribution in [2.24, 2.45) is 0 Å². The largest absolute Gasteiger partial charge is 0.457 e. The lowest BCUT2D eigenvalue weighted by Crippen LogP contribution is -2.27. The number of H-pyrrole nitrogens is 1. The molecule has 1 aromatic rings. The summed E-state index contributed by atoms with van der Waals surface area (Å²) in [6.45, 7) is 0. The van der Waals surface area contributed by atoms with Crippen LogP contribution in [0, 0.1) is 10.1 Å². The van der Waals surface area contributed by atoms with Crippen LogP contribution in [-0.2, 0) is 4.74 Å². The smallest absolute Gasteiger partial charge is 0.366 e. The molecule has 0 spiro atoms. The summed E-state index contributed by atoms with van der Waals surface area (Å²) in [6.07, 6.45) is 2.65. The molecule has 0 radical (unpaired) electrons. The number of hydrogen-bond donors (Lipinski definition) is 2. The highest BCUT2D eigenvalue weighted by Gasteiger charge is 2.29. The molecule has 8 nitrogen and oxygen atoms in total. The van der Waals surface area contributed by atoms with Crippen molar-refractivity contribution in [3.8, 4) is 0 Å². The predicted octanol–water partition coefficient (Wildman–Crippen LogP) is 0.778. The van der Waals surface area contributed by atoms with E-state index in [0.717, 1.165) is 6.20 Å². The van der Waals surface area contributed by atoms with Crippen molar-refractivity contribution in [3.63, 3.8) is 0 Å². The van der Waals surface area contributed by atoms with Gasteiger partial charge >= 0.3 is 11.7 Å². The first-order valence-electron chi connectivity index (χ1n) is 5.65. The number of carbonyl (C=O) groups excluding carboxylic acids is 1. The molecule has 1 heterocycles. The van der Waals surface area contributed by atoms with Crippen LogP contribution >= 0.6 is 0 Å². The van der Waals surface area contributed by atoms with Crippen LogP contribution in [0.25, 0.3) is 0 Å². The SMILES string of the molecule is O=C(OC1CCC(O)CC1)c1n[nH]cc1[N+](=O)[O-]. The molecule has 0 aromatic carbocycles. The van der Waals surface area contributed by atoms with Gasteiger partial charge in [-0.05, 0) is 25.7 Å². The van der Waals surface area contributed by atoms with Crippen LogP contribution in [0.3, 0.4) is 0 Å². The quantitative estimate of drug-likeness (QED) is 0.468. The molecule has 1 aliphatic carbocycles. The molecule has 0 bridgehead atoms. The summed E-state index contributed by atoms with van der Waals surface area (Å²) in [5, 5.41) is 25.7. The van der Waals surface area contributed by atoms with Gasteiger partial charge in [-0.15, -0.1) is 0 Å². The number of nitro groups is 1. The zero-order valence-electron chi connectivity index (χ0n) is 9.54. The number of nitrogens with one attached hydrogen (secondary N) is 1. The van der Waals surface area contributed by atoms with E-state index in [-0.39, 0.29) is 17.9 Å². The van der Waals surface area contributed by atoms with Crippen molar-refractivity contribution >= 4 is 11.7 Å². The van der Waals surface area contributed by atoms with Gasteiger partial charge in [0, 0.05) is 0 Å². The number of rotatable bonds is 3. The van der Waals surface area contributed by atoms with Gasteiger partial charge in [0.1, 0.15) is 12.3 Å². The molecule has 0 saturated heterocycles. The number of ether oxygens (including phenoxy) is 1. The molecule has 98 valence electrons. The summed E-state index contributed by atoms with van der Waals surface area (Å²) in [7, 11) is 0. The molecule has 1 aromatic heterocycles. The van der Waals surface area contributed by atoms with E-state index >= 15 is 0 Å². The first-order chi connectivity index (χ1) is 8.58. The minimum atomic E-state index is -0.802. The van der Waals surface area contributed by atoms with Gasteiger partial charge in [-0.1, -0.05) is 0 Å². The fourth-order valence-corrected chi connectivity index (χ4v) is 1.94. The zero-order chi connectivity index (χ0) is 13.1. The van der Waals surface area contributed by atoms with Gasteiger partial charge in [0.25, 0.3) is 0 Å². The Kier molecular flexibility index (Phi) is 3.56. The monoisotopic (exact) mass is 255 g/mol. The summed E-state index contributed by atoms with van der Waals surface area (Å²) >= 11 is 0. The number of carbonyl (C=O) groups is 1. The second kappa shape index (κ2) is 5.13.